The van der Waals surface area contributed by atoms with Crippen molar-refractivity contribution in [3.05, 3.63) is 45.5 Å². The van der Waals surface area contributed by atoms with Crippen LogP contribution in [0.1, 0.15) is 10.4 Å². The molecule has 1 aromatic heterocycles. The third kappa shape index (κ3) is 2.31. The molecule has 108 valence electrons. The first-order valence-corrected chi connectivity index (χ1v) is 7.16. The Labute approximate surface area is 131 Å². The molecular formula is C15H9F3INO. The highest BCUT2D eigenvalue weighted by molar-refractivity contribution is 14.1. The number of aromatic nitrogens is 1. The summed E-state index contributed by atoms with van der Waals surface area (Å²) in [6, 6.07) is 9.86. The molecule has 0 spiro atoms. The molecule has 2 aromatic carbocycles. The predicted molar refractivity (Wildman–Crippen MR) is 83.5 cm³/mol. The standard InChI is InChI=1S/C15H9F3INO/c1-20-12-4-2-8(14(21)15(16,17)18)6-10(12)11-7-9(19)3-5-13(11)20/h2-7H,1H3. The predicted octanol–water partition coefficient (Wildman–Crippen LogP) is 4.68. The number of benzene rings is 2. The number of carbonyl (C=O) groups is 1. The molecule has 0 aliphatic carbocycles. The quantitative estimate of drug-likeness (QED) is 0.427. The van der Waals surface area contributed by atoms with Crippen molar-refractivity contribution >= 4 is 50.2 Å². The minimum absolute atomic E-state index is 0.332. The summed E-state index contributed by atoms with van der Waals surface area (Å²) in [5.74, 6) is -1.81. The summed E-state index contributed by atoms with van der Waals surface area (Å²) in [5.41, 5.74) is 1.38. The molecule has 3 aromatic rings. The number of nitrogens with zero attached hydrogens (tertiary/aromatic N) is 1. The van der Waals surface area contributed by atoms with E-state index < -0.39 is 12.0 Å². The van der Waals surface area contributed by atoms with Crippen molar-refractivity contribution in [1.29, 1.82) is 0 Å². The van der Waals surface area contributed by atoms with Crippen LogP contribution < -0.4 is 0 Å². The molecule has 0 radical (unpaired) electrons. The van der Waals surface area contributed by atoms with Crippen molar-refractivity contribution in [3.8, 4) is 0 Å². The van der Waals surface area contributed by atoms with Gasteiger partial charge in [-0.05, 0) is 59.0 Å². The zero-order valence-electron chi connectivity index (χ0n) is 10.8. The molecule has 3 rings (SSSR count). The molecule has 0 bridgehead atoms. The van der Waals surface area contributed by atoms with E-state index in [2.05, 4.69) is 22.6 Å². The van der Waals surface area contributed by atoms with Crippen molar-refractivity contribution < 1.29 is 18.0 Å². The Bertz CT molecular complexity index is 880. The number of fused-ring (bicyclic) bond motifs is 3. The molecule has 0 unspecified atom stereocenters. The molecule has 0 saturated carbocycles. The van der Waals surface area contributed by atoms with Gasteiger partial charge in [-0.15, -0.1) is 0 Å². The number of carbonyl (C=O) groups excluding carboxylic acids is 1. The molecule has 0 fully saturated rings. The van der Waals surface area contributed by atoms with Gasteiger partial charge in [0.05, 0.1) is 0 Å². The molecule has 0 aliphatic heterocycles. The average molecular weight is 403 g/mol. The van der Waals surface area contributed by atoms with Gasteiger partial charge in [-0.1, -0.05) is 0 Å². The first-order chi connectivity index (χ1) is 9.79. The van der Waals surface area contributed by atoms with Crippen LogP contribution in [0.2, 0.25) is 0 Å². The number of hydrogen-bond acceptors (Lipinski definition) is 1. The summed E-state index contributed by atoms with van der Waals surface area (Å²) in [6.45, 7) is 0. The van der Waals surface area contributed by atoms with E-state index in [4.69, 9.17) is 0 Å². The molecule has 0 amide bonds. The van der Waals surface area contributed by atoms with Crippen LogP contribution in [-0.4, -0.2) is 16.5 Å². The minimum Gasteiger partial charge on any atom is -0.344 e. The molecule has 1 heterocycles. The summed E-state index contributed by atoms with van der Waals surface area (Å²) in [7, 11) is 1.85. The molecule has 2 nitrogen and oxygen atoms in total. The Morgan fingerprint density at radius 3 is 2.24 bits per heavy atom. The molecule has 0 aliphatic rings. The Balaban J connectivity index is 2.33. The van der Waals surface area contributed by atoms with Crippen molar-refractivity contribution in [3.63, 3.8) is 0 Å². The topological polar surface area (TPSA) is 22.0 Å². The number of halogens is 4. The molecule has 0 saturated heterocycles. The maximum atomic E-state index is 12.6. The second-order valence-corrected chi connectivity index (χ2v) is 6.02. The van der Waals surface area contributed by atoms with Gasteiger partial charge in [-0.3, -0.25) is 4.79 Å². The third-order valence-electron chi connectivity index (χ3n) is 3.49. The Morgan fingerprint density at radius 2 is 1.62 bits per heavy atom. The van der Waals surface area contributed by atoms with E-state index in [1.165, 1.54) is 12.1 Å². The smallest absolute Gasteiger partial charge is 0.344 e. The molecule has 6 heteroatoms. The monoisotopic (exact) mass is 403 g/mol. The second kappa shape index (κ2) is 4.72. The van der Waals surface area contributed by atoms with E-state index >= 15 is 0 Å². The molecule has 0 atom stereocenters. The number of aryl methyl sites for hydroxylation is 1. The molecule has 0 N–H and O–H groups in total. The van der Waals surface area contributed by atoms with Gasteiger partial charge in [0.25, 0.3) is 5.78 Å². The Hall–Kier alpha value is -1.57. The van der Waals surface area contributed by atoms with Crippen LogP contribution in [-0.2, 0) is 7.05 Å². The van der Waals surface area contributed by atoms with Crippen LogP contribution >= 0.6 is 22.6 Å². The summed E-state index contributed by atoms with van der Waals surface area (Å²) in [5, 5.41) is 1.50. The Morgan fingerprint density at radius 1 is 1.05 bits per heavy atom. The van der Waals surface area contributed by atoms with Crippen molar-refractivity contribution in [2.75, 3.05) is 0 Å². The van der Waals surface area contributed by atoms with Crippen molar-refractivity contribution in [1.82, 2.24) is 4.57 Å². The zero-order chi connectivity index (χ0) is 15.4. The second-order valence-electron chi connectivity index (χ2n) is 4.78. The van der Waals surface area contributed by atoms with E-state index in [-0.39, 0.29) is 5.56 Å². The summed E-state index contributed by atoms with van der Waals surface area (Å²) in [4.78, 5) is 11.4. The molecule has 21 heavy (non-hydrogen) atoms. The minimum atomic E-state index is -4.85. The number of rotatable bonds is 1. The lowest BCUT2D eigenvalue weighted by Gasteiger charge is -2.05. The van der Waals surface area contributed by atoms with E-state index in [1.807, 2.05) is 29.8 Å². The number of Topliss-reactive ketones (excluding diaryl/α,β-unsaturated/α-hetero) is 1. The lowest BCUT2D eigenvalue weighted by Crippen LogP contribution is -2.22. The van der Waals surface area contributed by atoms with Crippen LogP contribution in [0.4, 0.5) is 13.2 Å². The maximum Gasteiger partial charge on any atom is 0.454 e. The van der Waals surface area contributed by atoms with Gasteiger partial charge < -0.3 is 4.57 Å². The van der Waals surface area contributed by atoms with Crippen LogP contribution in [0.15, 0.2) is 36.4 Å². The largest absolute Gasteiger partial charge is 0.454 e. The highest BCUT2D eigenvalue weighted by Gasteiger charge is 2.39. The number of alkyl halides is 3. The normalized spacial score (nSPS) is 12.2. The van der Waals surface area contributed by atoms with E-state index in [1.54, 1.807) is 6.07 Å². The fourth-order valence-corrected chi connectivity index (χ4v) is 2.99. The highest BCUT2D eigenvalue weighted by Crippen LogP contribution is 2.31. The van der Waals surface area contributed by atoms with Gasteiger partial charge in [0, 0.05) is 38.0 Å². The van der Waals surface area contributed by atoms with Crippen LogP contribution in [0, 0.1) is 3.57 Å². The average Bonchev–Trinajstić information content (AvgIpc) is 2.69. The summed E-state index contributed by atoms with van der Waals surface area (Å²) < 4.78 is 40.6. The van der Waals surface area contributed by atoms with Gasteiger partial charge in [0.15, 0.2) is 0 Å². The highest BCUT2D eigenvalue weighted by atomic mass is 127. The first-order valence-electron chi connectivity index (χ1n) is 6.08. The van der Waals surface area contributed by atoms with Crippen molar-refractivity contribution in [2.45, 2.75) is 6.18 Å². The van der Waals surface area contributed by atoms with Gasteiger partial charge in [0.1, 0.15) is 0 Å². The van der Waals surface area contributed by atoms with Gasteiger partial charge in [0.2, 0.25) is 0 Å². The van der Waals surface area contributed by atoms with Gasteiger partial charge in [-0.25, -0.2) is 0 Å². The molecular weight excluding hydrogens is 394 g/mol. The fourth-order valence-electron chi connectivity index (χ4n) is 2.50. The SMILES string of the molecule is Cn1c2ccc(I)cc2c2cc(C(=O)C(F)(F)F)ccc21. The Kier molecular flexibility index (Phi) is 3.23. The van der Waals surface area contributed by atoms with Crippen molar-refractivity contribution in [2.24, 2.45) is 7.05 Å². The van der Waals surface area contributed by atoms with E-state index in [9.17, 15) is 18.0 Å². The van der Waals surface area contributed by atoms with Crippen LogP contribution in [0.25, 0.3) is 21.8 Å². The first kappa shape index (κ1) is 14.4. The lowest BCUT2D eigenvalue weighted by atomic mass is 10.1. The number of hydrogen-bond donors (Lipinski definition) is 0. The lowest BCUT2D eigenvalue weighted by molar-refractivity contribution is -0.0885. The van der Waals surface area contributed by atoms with Crippen LogP contribution in [0.3, 0.4) is 0 Å². The van der Waals surface area contributed by atoms with Gasteiger partial charge >= 0.3 is 6.18 Å². The van der Waals surface area contributed by atoms with Crippen LogP contribution in [0.5, 0.6) is 0 Å². The van der Waals surface area contributed by atoms with E-state index in [0.717, 1.165) is 20.0 Å². The van der Waals surface area contributed by atoms with E-state index in [0.29, 0.717) is 5.39 Å². The summed E-state index contributed by atoms with van der Waals surface area (Å²) >= 11 is 2.15. The fraction of sp³-hybridized carbons (Fsp3) is 0.133. The maximum absolute atomic E-state index is 12.6. The summed E-state index contributed by atoms with van der Waals surface area (Å²) in [6.07, 6.45) is -4.85. The third-order valence-corrected chi connectivity index (χ3v) is 4.16. The zero-order valence-corrected chi connectivity index (χ0v) is 13.0. The number of ketones is 1. The van der Waals surface area contributed by atoms with Gasteiger partial charge in [-0.2, -0.15) is 13.2 Å².